The van der Waals surface area contributed by atoms with Crippen LogP contribution < -0.4 is 5.32 Å². The molecular weight excluding hydrogens is 266 g/mol. The van der Waals surface area contributed by atoms with Gasteiger partial charge in [0.15, 0.2) is 0 Å². The maximum atomic E-state index is 5.93. The quantitative estimate of drug-likeness (QED) is 0.797. The van der Waals surface area contributed by atoms with E-state index in [4.69, 9.17) is 11.6 Å². The van der Waals surface area contributed by atoms with Gasteiger partial charge in [-0.3, -0.25) is 0 Å². The van der Waals surface area contributed by atoms with Gasteiger partial charge in [-0.05, 0) is 62.1 Å². The van der Waals surface area contributed by atoms with Crippen LogP contribution in [0.3, 0.4) is 0 Å². The minimum absolute atomic E-state index is 0.295. The molecule has 0 aliphatic carbocycles. The lowest BCUT2D eigenvalue weighted by Gasteiger charge is -2.21. The van der Waals surface area contributed by atoms with Crippen LogP contribution in [0.15, 0.2) is 42.5 Å². The molecule has 0 amide bonds. The van der Waals surface area contributed by atoms with Crippen LogP contribution in [0.1, 0.15) is 48.2 Å². The summed E-state index contributed by atoms with van der Waals surface area (Å²) in [5.41, 5.74) is 5.26. The largest absolute Gasteiger partial charge is 0.304 e. The summed E-state index contributed by atoms with van der Waals surface area (Å²) in [6.45, 7) is 8.69. The van der Waals surface area contributed by atoms with E-state index < -0.39 is 0 Å². The Kier molecular flexibility index (Phi) is 4.85. The van der Waals surface area contributed by atoms with Gasteiger partial charge in [-0.15, -0.1) is 0 Å². The second-order valence-electron chi connectivity index (χ2n) is 5.51. The van der Waals surface area contributed by atoms with E-state index in [-0.39, 0.29) is 0 Å². The van der Waals surface area contributed by atoms with E-state index in [1.165, 1.54) is 22.3 Å². The molecule has 2 heteroatoms. The van der Waals surface area contributed by atoms with Gasteiger partial charge >= 0.3 is 0 Å². The first kappa shape index (κ1) is 15.1. The van der Waals surface area contributed by atoms with E-state index in [0.717, 1.165) is 5.02 Å². The van der Waals surface area contributed by atoms with Crippen LogP contribution in [0.5, 0.6) is 0 Å². The normalized spacial score (nSPS) is 14.1. The monoisotopic (exact) mass is 287 g/mol. The lowest BCUT2D eigenvalue weighted by Crippen LogP contribution is -2.22. The number of hydrogen-bond donors (Lipinski definition) is 1. The number of nitrogens with one attached hydrogen (secondary N) is 1. The van der Waals surface area contributed by atoms with Crippen LogP contribution in [0.25, 0.3) is 0 Å². The lowest BCUT2D eigenvalue weighted by molar-refractivity contribution is 0.494. The molecule has 106 valence electrons. The molecule has 0 radical (unpaired) electrons. The summed E-state index contributed by atoms with van der Waals surface area (Å²) in [6.07, 6.45) is 0. The molecule has 2 aromatic rings. The van der Waals surface area contributed by atoms with Crippen LogP contribution in [0.4, 0.5) is 0 Å². The van der Waals surface area contributed by atoms with Gasteiger partial charge in [0.05, 0.1) is 0 Å². The average Bonchev–Trinajstić information content (AvgIpc) is 2.42. The van der Waals surface area contributed by atoms with Gasteiger partial charge in [-0.1, -0.05) is 41.9 Å². The Morgan fingerprint density at radius 3 is 1.95 bits per heavy atom. The topological polar surface area (TPSA) is 12.0 Å². The third-order valence-electron chi connectivity index (χ3n) is 3.90. The van der Waals surface area contributed by atoms with Crippen molar-refractivity contribution in [1.82, 2.24) is 5.32 Å². The van der Waals surface area contributed by atoms with E-state index in [1.807, 2.05) is 12.1 Å². The highest BCUT2D eigenvalue weighted by Gasteiger charge is 2.11. The summed E-state index contributed by atoms with van der Waals surface area (Å²) >= 11 is 5.93. The average molecular weight is 288 g/mol. The highest BCUT2D eigenvalue weighted by molar-refractivity contribution is 6.30. The predicted molar refractivity (Wildman–Crippen MR) is 87.3 cm³/mol. The van der Waals surface area contributed by atoms with Crippen molar-refractivity contribution in [2.45, 2.75) is 39.8 Å². The second-order valence-corrected chi connectivity index (χ2v) is 5.94. The fourth-order valence-corrected chi connectivity index (χ4v) is 2.48. The lowest BCUT2D eigenvalue weighted by atomic mass is 10.0. The molecule has 0 aliphatic heterocycles. The first-order valence-corrected chi connectivity index (χ1v) is 7.44. The molecule has 2 rings (SSSR count). The molecule has 1 N–H and O–H groups in total. The van der Waals surface area contributed by atoms with E-state index >= 15 is 0 Å². The zero-order valence-corrected chi connectivity index (χ0v) is 13.3. The first-order chi connectivity index (χ1) is 9.47. The maximum Gasteiger partial charge on any atom is 0.0406 e. The van der Waals surface area contributed by atoms with Gasteiger partial charge in [0, 0.05) is 17.1 Å². The molecular formula is C18H22ClN. The predicted octanol–water partition coefficient (Wildman–Crippen LogP) is 5.37. The fourth-order valence-electron chi connectivity index (χ4n) is 2.35. The van der Waals surface area contributed by atoms with Crippen molar-refractivity contribution in [3.8, 4) is 0 Å². The summed E-state index contributed by atoms with van der Waals surface area (Å²) < 4.78 is 0. The Hall–Kier alpha value is -1.31. The standard InChI is InChI=1S/C18H22ClN/c1-12-5-6-17(11-13(12)2)15(4)20-14(3)16-7-9-18(19)10-8-16/h5-11,14-15,20H,1-4H3. The van der Waals surface area contributed by atoms with E-state index in [1.54, 1.807) is 0 Å². The van der Waals surface area contributed by atoms with Crippen LogP contribution in [-0.4, -0.2) is 0 Å². The number of hydrogen-bond acceptors (Lipinski definition) is 1. The second kappa shape index (κ2) is 6.43. The van der Waals surface area contributed by atoms with Crippen molar-refractivity contribution in [2.75, 3.05) is 0 Å². The summed E-state index contributed by atoms with van der Waals surface area (Å²) in [6, 6.07) is 15.3. The molecule has 0 aromatic heterocycles. The zero-order chi connectivity index (χ0) is 14.7. The van der Waals surface area contributed by atoms with Crippen LogP contribution in [-0.2, 0) is 0 Å². The van der Waals surface area contributed by atoms with Gasteiger partial charge in [-0.25, -0.2) is 0 Å². The van der Waals surface area contributed by atoms with Crippen molar-refractivity contribution in [3.05, 3.63) is 69.7 Å². The molecule has 1 nitrogen and oxygen atoms in total. The Morgan fingerprint density at radius 1 is 0.800 bits per heavy atom. The molecule has 2 atom stereocenters. The number of aryl methyl sites for hydroxylation is 2. The van der Waals surface area contributed by atoms with Crippen LogP contribution in [0, 0.1) is 13.8 Å². The Balaban J connectivity index is 2.08. The highest BCUT2D eigenvalue weighted by Crippen LogP contribution is 2.22. The molecule has 2 aromatic carbocycles. The molecule has 0 aliphatic rings. The maximum absolute atomic E-state index is 5.93. The fraction of sp³-hybridized carbons (Fsp3) is 0.333. The van der Waals surface area contributed by atoms with Gasteiger partial charge in [0.25, 0.3) is 0 Å². The molecule has 0 spiro atoms. The summed E-state index contributed by atoms with van der Waals surface area (Å²) in [5, 5.41) is 4.42. The molecule has 2 unspecified atom stereocenters. The van der Waals surface area contributed by atoms with Crippen molar-refractivity contribution < 1.29 is 0 Å². The molecule has 0 fully saturated rings. The zero-order valence-electron chi connectivity index (χ0n) is 12.6. The van der Waals surface area contributed by atoms with Crippen molar-refractivity contribution >= 4 is 11.6 Å². The van der Waals surface area contributed by atoms with E-state index in [0.29, 0.717) is 12.1 Å². The Morgan fingerprint density at radius 2 is 1.35 bits per heavy atom. The van der Waals surface area contributed by atoms with Gasteiger partial charge < -0.3 is 5.32 Å². The summed E-state index contributed by atoms with van der Waals surface area (Å²) in [5.74, 6) is 0. The number of benzene rings is 2. The highest BCUT2D eigenvalue weighted by atomic mass is 35.5. The van der Waals surface area contributed by atoms with Gasteiger partial charge in [0.2, 0.25) is 0 Å². The summed E-state index contributed by atoms with van der Waals surface area (Å²) in [7, 11) is 0. The molecule has 0 heterocycles. The van der Waals surface area contributed by atoms with Gasteiger partial charge in [0.1, 0.15) is 0 Å². The molecule has 0 saturated heterocycles. The molecule has 0 saturated carbocycles. The molecule has 0 bridgehead atoms. The van der Waals surface area contributed by atoms with Gasteiger partial charge in [-0.2, -0.15) is 0 Å². The number of rotatable bonds is 4. The first-order valence-electron chi connectivity index (χ1n) is 7.06. The van der Waals surface area contributed by atoms with E-state index in [2.05, 4.69) is 63.3 Å². The third-order valence-corrected chi connectivity index (χ3v) is 4.15. The smallest absolute Gasteiger partial charge is 0.0406 e. The molecule has 20 heavy (non-hydrogen) atoms. The Bertz CT molecular complexity index is 574. The summed E-state index contributed by atoms with van der Waals surface area (Å²) in [4.78, 5) is 0. The Labute approximate surface area is 127 Å². The third kappa shape index (κ3) is 3.62. The minimum Gasteiger partial charge on any atom is -0.304 e. The van der Waals surface area contributed by atoms with Crippen molar-refractivity contribution in [2.24, 2.45) is 0 Å². The number of halogens is 1. The SMILES string of the molecule is Cc1ccc(C(C)NC(C)c2ccc(Cl)cc2)cc1C. The van der Waals surface area contributed by atoms with E-state index in [9.17, 15) is 0 Å². The van der Waals surface area contributed by atoms with Crippen LogP contribution in [0.2, 0.25) is 5.02 Å². The minimum atomic E-state index is 0.295. The van der Waals surface area contributed by atoms with Crippen molar-refractivity contribution in [1.29, 1.82) is 0 Å². The van der Waals surface area contributed by atoms with Crippen molar-refractivity contribution in [3.63, 3.8) is 0 Å². The van der Waals surface area contributed by atoms with Crippen LogP contribution >= 0.6 is 11.6 Å².